The highest BCUT2D eigenvalue weighted by molar-refractivity contribution is 6.50. The Morgan fingerprint density at radius 2 is 1.86 bits per heavy atom. The number of carbonyl (C=O) groups excluding carboxylic acids is 2. The minimum Gasteiger partial charge on any atom is -0.347 e. The van der Waals surface area contributed by atoms with E-state index in [0.29, 0.717) is 34.0 Å². The monoisotopic (exact) mass is 513 g/mol. The van der Waals surface area contributed by atoms with Crippen LogP contribution in [0, 0.1) is 0 Å². The van der Waals surface area contributed by atoms with E-state index in [9.17, 15) is 9.59 Å². The molecule has 0 saturated heterocycles. The Bertz CT molecular complexity index is 1710. The second-order valence-electron chi connectivity index (χ2n) is 9.35. The van der Waals surface area contributed by atoms with Crippen LogP contribution in [0.3, 0.4) is 0 Å². The SMILES string of the molecule is CC(C)n1nc(C2=C(c3cn(CCCn4ccnc4)c4cc(Cl)ccc34)C(=O)NC2=O)c2cccnc21. The molecule has 0 unspecified atom stereocenters. The average Bonchev–Trinajstić information content (AvgIpc) is 3.64. The van der Waals surface area contributed by atoms with Gasteiger partial charge in [0.15, 0.2) is 5.65 Å². The van der Waals surface area contributed by atoms with Crippen molar-refractivity contribution in [2.45, 2.75) is 39.4 Å². The summed E-state index contributed by atoms with van der Waals surface area (Å²) in [6.45, 7) is 5.50. The molecule has 0 bridgehead atoms. The molecular weight excluding hydrogens is 490 g/mol. The van der Waals surface area contributed by atoms with Gasteiger partial charge in [-0.05, 0) is 44.5 Å². The van der Waals surface area contributed by atoms with Gasteiger partial charge in [0.25, 0.3) is 11.8 Å². The summed E-state index contributed by atoms with van der Waals surface area (Å²) in [6.07, 6.45) is 9.95. The predicted octanol–water partition coefficient (Wildman–Crippen LogP) is 4.47. The van der Waals surface area contributed by atoms with Crippen molar-refractivity contribution < 1.29 is 9.59 Å². The molecule has 10 heteroatoms. The van der Waals surface area contributed by atoms with E-state index in [1.54, 1.807) is 35.5 Å². The van der Waals surface area contributed by atoms with Crippen LogP contribution in [0.15, 0.2) is 61.4 Å². The first-order valence-electron chi connectivity index (χ1n) is 12.1. The van der Waals surface area contributed by atoms with Crippen molar-refractivity contribution >= 4 is 56.5 Å². The number of nitrogens with one attached hydrogen (secondary N) is 1. The highest BCUT2D eigenvalue weighted by Crippen LogP contribution is 2.38. The van der Waals surface area contributed by atoms with E-state index in [0.717, 1.165) is 29.3 Å². The summed E-state index contributed by atoms with van der Waals surface area (Å²) >= 11 is 6.36. The van der Waals surface area contributed by atoms with Crippen LogP contribution in [-0.4, -0.2) is 40.7 Å². The first kappa shape index (κ1) is 23.2. The maximum absolute atomic E-state index is 13.2. The number of fused-ring (bicyclic) bond motifs is 2. The number of imide groups is 1. The zero-order valence-corrected chi connectivity index (χ0v) is 21.1. The molecule has 5 aromatic rings. The van der Waals surface area contributed by atoms with Gasteiger partial charge in [0.2, 0.25) is 0 Å². The van der Waals surface area contributed by atoms with Gasteiger partial charge in [0.05, 0.1) is 23.0 Å². The van der Waals surface area contributed by atoms with Crippen LogP contribution in [0.1, 0.15) is 37.6 Å². The van der Waals surface area contributed by atoms with E-state index in [-0.39, 0.29) is 11.6 Å². The van der Waals surface area contributed by atoms with E-state index in [1.807, 2.05) is 49.0 Å². The second-order valence-corrected chi connectivity index (χ2v) is 9.78. The lowest BCUT2D eigenvalue weighted by atomic mass is 9.98. The summed E-state index contributed by atoms with van der Waals surface area (Å²) in [7, 11) is 0. The molecule has 1 aromatic carbocycles. The van der Waals surface area contributed by atoms with Gasteiger partial charge in [-0.1, -0.05) is 17.7 Å². The number of benzene rings is 1. The maximum atomic E-state index is 13.2. The Balaban J connectivity index is 1.52. The molecule has 37 heavy (non-hydrogen) atoms. The third kappa shape index (κ3) is 3.92. The van der Waals surface area contributed by atoms with Crippen LogP contribution >= 0.6 is 11.6 Å². The van der Waals surface area contributed by atoms with Crippen molar-refractivity contribution in [2.24, 2.45) is 0 Å². The number of carbonyl (C=O) groups is 2. The van der Waals surface area contributed by atoms with Crippen LogP contribution in [0.25, 0.3) is 33.1 Å². The van der Waals surface area contributed by atoms with Crippen LogP contribution in [0.2, 0.25) is 5.02 Å². The number of imidazole rings is 1. The summed E-state index contributed by atoms with van der Waals surface area (Å²) in [6, 6.07) is 9.29. The molecule has 1 aliphatic rings. The van der Waals surface area contributed by atoms with E-state index in [2.05, 4.69) is 19.9 Å². The summed E-state index contributed by atoms with van der Waals surface area (Å²) in [5.41, 5.74) is 3.25. The molecule has 0 radical (unpaired) electrons. The molecule has 0 fully saturated rings. The topological polar surface area (TPSA) is 99.6 Å². The van der Waals surface area contributed by atoms with Gasteiger partial charge in [-0.3, -0.25) is 14.9 Å². The molecule has 4 aromatic heterocycles. The minimum atomic E-state index is -0.464. The summed E-state index contributed by atoms with van der Waals surface area (Å²) in [5.74, 6) is -0.905. The molecule has 5 heterocycles. The molecule has 0 spiro atoms. The fraction of sp³-hybridized carbons (Fsp3) is 0.222. The molecule has 9 nitrogen and oxygen atoms in total. The van der Waals surface area contributed by atoms with Gasteiger partial charge in [-0.15, -0.1) is 0 Å². The van der Waals surface area contributed by atoms with Gasteiger partial charge in [0, 0.05) is 65.3 Å². The Morgan fingerprint density at radius 1 is 1.03 bits per heavy atom. The quantitative estimate of drug-likeness (QED) is 0.324. The van der Waals surface area contributed by atoms with E-state index < -0.39 is 11.8 Å². The lowest BCUT2D eigenvalue weighted by molar-refractivity contribution is -0.122. The van der Waals surface area contributed by atoms with Crippen molar-refractivity contribution in [2.75, 3.05) is 0 Å². The van der Waals surface area contributed by atoms with E-state index in [1.165, 1.54) is 0 Å². The number of pyridine rings is 1. The van der Waals surface area contributed by atoms with Crippen LogP contribution in [0.5, 0.6) is 0 Å². The van der Waals surface area contributed by atoms with Gasteiger partial charge in [0.1, 0.15) is 5.69 Å². The van der Waals surface area contributed by atoms with Crippen molar-refractivity contribution in [3.63, 3.8) is 0 Å². The summed E-state index contributed by atoms with van der Waals surface area (Å²) in [5, 5.41) is 9.42. The number of halogens is 1. The van der Waals surface area contributed by atoms with Gasteiger partial charge >= 0.3 is 0 Å². The Hall–Kier alpha value is -4.24. The average molecular weight is 514 g/mol. The number of hydrogen-bond donors (Lipinski definition) is 1. The fourth-order valence-electron chi connectivity index (χ4n) is 4.95. The minimum absolute atomic E-state index is 0.0231. The molecule has 186 valence electrons. The van der Waals surface area contributed by atoms with Crippen molar-refractivity contribution in [3.8, 4) is 0 Å². The lowest BCUT2D eigenvalue weighted by Crippen LogP contribution is -2.22. The summed E-state index contributed by atoms with van der Waals surface area (Å²) in [4.78, 5) is 35.0. The van der Waals surface area contributed by atoms with Crippen LogP contribution in [-0.2, 0) is 22.7 Å². The molecule has 0 aliphatic carbocycles. The number of amides is 2. The number of aryl methyl sites for hydroxylation is 2. The fourth-order valence-corrected chi connectivity index (χ4v) is 5.11. The summed E-state index contributed by atoms with van der Waals surface area (Å²) < 4.78 is 5.89. The normalized spacial score (nSPS) is 14.1. The van der Waals surface area contributed by atoms with E-state index in [4.69, 9.17) is 16.7 Å². The lowest BCUT2D eigenvalue weighted by Gasteiger charge is -2.06. The first-order chi connectivity index (χ1) is 17.9. The van der Waals surface area contributed by atoms with E-state index >= 15 is 0 Å². The van der Waals surface area contributed by atoms with Gasteiger partial charge in [-0.25, -0.2) is 14.6 Å². The first-order valence-corrected chi connectivity index (χ1v) is 12.5. The Labute approximate surface area is 217 Å². The molecule has 1 N–H and O–H groups in total. The number of hydrogen-bond acceptors (Lipinski definition) is 5. The molecule has 0 saturated carbocycles. The highest BCUT2D eigenvalue weighted by atomic mass is 35.5. The molecule has 1 aliphatic heterocycles. The van der Waals surface area contributed by atoms with Crippen LogP contribution < -0.4 is 5.32 Å². The Morgan fingerprint density at radius 3 is 2.65 bits per heavy atom. The zero-order chi connectivity index (χ0) is 25.7. The number of rotatable bonds is 7. The second kappa shape index (κ2) is 9.01. The van der Waals surface area contributed by atoms with Crippen molar-refractivity contribution in [1.82, 2.24) is 34.2 Å². The van der Waals surface area contributed by atoms with Gasteiger partial charge < -0.3 is 9.13 Å². The maximum Gasteiger partial charge on any atom is 0.261 e. The number of aromatic nitrogens is 6. The Kier molecular flexibility index (Phi) is 5.64. The standard InChI is InChI=1S/C27H24ClN7O2/c1-16(2)35-25-19(5-3-8-30-25)24(32-35)23-22(26(36)31-27(23)37)20-14-34(11-4-10-33-12-9-29-15-33)21-13-17(28)6-7-18(20)21/h3,5-9,12-16H,4,10-11H2,1-2H3,(H,31,36,37). The van der Waals surface area contributed by atoms with Crippen molar-refractivity contribution in [1.29, 1.82) is 0 Å². The largest absolute Gasteiger partial charge is 0.347 e. The van der Waals surface area contributed by atoms with Gasteiger partial charge in [-0.2, -0.15) is 5.10 Å². The van der Waals surface area contributed by atoms with Crippen molar-refractivity contribution in [3.05, 3.63) is 77.7 Å². The molecule has 2 amide bonds. The molecular formula is C27H24ClN7O2. The highest BCUT2D eigenvalue weighted by Gasteiger charge is 2.36. The molecule has 0 atom stereocenters. The number of nitrogens with zero attached hydrogens (tertiary/aromatic N) is 6. The smallest absolute Gasteiger partial charge is 0.261 e. The zero-order valence-electron chi connectivity index (χ0n) is 20.3. The van der Waals surface area contributed by atoms with Crippen LogP contribution in [0.4, 0.5) is 0 Å². The predicted molar refractivity (Wildman–Crippen MR) is 142 cm³/mol. The molecule has 6 rings (SSSR count). The third-order valence-electron chi connectivity index (χ3n) is 6.61. The third-order valence-corrected chi connectivity index (χ3v) is 6.85.